The largest absolute Gasteiger partial charge is 0.494 e. The zero-order valence-corrected chi connectivity index (χ0v) is 9.85. The summed E-state index contributed by atoms with van der Waals surface area (Å²) in [5, 5.41) is 21.6. The molecule has 0 atom stereocenters. The number of nitro groups is 1. The van der Waals surface area contributed by atoms with E-state index in [-0.39, 0.29) is 21.0 Å². The third-order valence-corrected chi connectivity index (χ3v) is 3.11. The molecule has 0 saturated heterocycles. The van der Waals surface area contributed by atoms with Crippen LogP contribution in [-0.4, -0.2) is 28.2 Å². The minimum atomic E-state index is -1.28. The summed E-state index contributed by atoms with van der Waals surface area (Å²) in [6, 6.07) is 2.72. The number of ether oxygens (including phenoxy) is 1. The van der Waals surface area contributed by atoms with E-state index < -0.39 is 11.0 Å². The van der Waals surface area contributed by atoms with Gasteiger partial charge in [-0.1, -0.05) is 11.3 Å². The van der Waals surface area contributed by atoms with Crippen LogP contribution in [0.2, 0.25) is 0 Å². The number of methoxy groups -OCH3 is 1. The van der Waals surface area contributed by atoms with Gasteiger partial charge >= 0.3 is 6.09 Å². The second kappa shape index (κ2) is 4.45. The molecule has 0 radical (unpaired) electrons. The van der Waals surface area contributed by atoms with E-state index in [0.717, 1.165) is 11.3 Å². The molecule has 1 aromatic carbocycles. The fourth-order valence-corrected chi connectivity index (χ4v) is 2.38. The number of hydrogen-bond acceptors (Lipinski definition) is 6. The molecule has 0 aliphatic rings. The lowest BCUT2D eigenvalue weighted by molar-refractivity contribution is -0.382. The van der Waals surface area contributed by atoms with E-state index in [9.17, 15) is 14.9 Å². The number of benzene rings is 1. The van der Waals surface area contributed by atoms with Crippen molar-refractivity contribution in [2.75, 3.05) is 12.4 Å². The van der Waals surface area contributed by atoms with Crippen LogP contribution in [0.4, 0.5) is 15.6 Å². The van der Waals surface area contributed by atoms with Crippen molar-refractivity contribution in [3.05, 3.63) is 22.2 Å². The summed E-state index contributed by atoms with van der Waals surface area (Å²) in [6.07, 6.45) is -1.28. The Kier molecular flexibility index (Phi) is 2.98. The van der Waals surface area contributed by atoms with Crippen molar-refractivity contribution in [2.24, 2.45) is 0 Å². The highest BCUT2D eigenvalue weighted by molar-refractivity contribution is 7.22. The molecule has 0 bridgehead atoms. The molecule has 0 aliphatic heterocycles. The van der Waals surface area contributed by atoms with Gasteiger partial charge in [0.05, 0.1) is 12.0 Å². The van der Waals surface area contributed by atoms with E-state index in [0.29, 0.717) is 5.75 Å². The van der Waals surface area contributed by atoms with Gasteiger partial charge in [0.15, 0.2) is 5.13 Å². The van der Waals surface area contributed by atoms with Crippen molar-refractivity contribution in [3.63, 3.8) is 0 Å². The number of nitrogens with zero attached hydrogens (tertiary/aromatic N) is 2. The van der Waals surface area contributed by atoms with E-state index in [1.807, 2.05) is 0 Å². The molecular weight excluding hydrogens is 262 g/mol. The number of fused-ring (bicyclic) bond motifs is 1. The van der Waals surface area contributed by atoms with Crippen LogP contribution in [-0.2, 0) is 0 Å². The Hall–Kier alpha value is -2.42. The SMILES string of the molecule is COc1ccc([N+](=O)[O-])c2sc(NC(=O)O)nc12. The van der Waals surface area contributed by atoms with Crippen LogP contribution >= 0.6 is 11.3 Å². The van der Waals surface area contributed by atoms with Gasteiger partial charge in [0.2, 0.25) is 0 Å². The van der Waals surface area contributed by atoms with E-state index in [1.165, 1.54) is 19.2 Å². The number of carbonyl (C=O) groups is 1. The Morgan fingerprint density at radius 1 is 1.61 bits per heavy atom. The quantitative estimate of drug-likeness (QED) is 0.652. The van der Waals surface area contributed by atoms with Crippen LogP contribution in [0.3, 0.4) is 0 Å². The first kappa shape index (κ1) is 12.0. The minimum Gasteiger partial charge on any atom is -0.494 e. The third-order valence-electron chi connectivity index (χ3n) is 2.12. The highest BCUT2D eigenvalue weighted by atomic mass is 32.1. The van der Waals surface area contributed by atoms with Gasteiger partial charge in [-0.05, 0) is 6.07 Å². The first-order valence-corrected chi connectivity index (χ1v) is 5.46. The Morgan fingerprint density at radius 3 is 2.89 bits per heavy atom. The van der Waals surface area contributed by atoms with Crippen LogP contribution in [0, 0.1) is 10.1 Å². The second-order valence-corrected chi connectivity index (χ2v) is 4.17. The third kappa shape index (κ3) is 2.02. The first-order chi connectivity index (χ1) is 8.52. The van der Waals surface area contributed by atoms with Crippen molar-refractivity contribution < 1.29 is 19.6 Å². The van der Waals surface area contributed by atoms with Gasteiger partial charge in [-0.3, -0.25) is 15.4 Å². The fourth-order valence-electron chi connectivity index (χ4n) is 1.42. The molecular formula is C9H7N3O5S. The molecule has 9 heteroatoms. The predicted octanol–water partition coefficient (Wildman–Crippen LogP) is 2.30. The summed E-state index contributed by atoms with van der Waals surface area (Å²) in [6.45, 7) is 0. The molecule has 2 N–H and O–H groups in total. The average Bonchev–Trinajstić information content (AvgIpc) is 2.69. The summed E-state index contributed by atoms with van der Waals surface area (Å²) >= 11 is 0.885. The molecule has 1 aromatic heterocycles. The van der Waals surface area contributed by atoms with E-state index in [2.05, 4.69) is 10.3 Å². The number of carboxylic acid groups (broad SMARTS) is 1. The zero-order chi connectivity index (χ0) is 13.3. The summed E-state index contributed by atoms with van der Waals surface area (Å²) in [7, 11) is 1.41. The summed E-state index contributed by atoms with van der Waals surface area (Å²) < 4.78 is 5.29. The monoisotopic (exact) mass is 269 g/mol. The van der Waals surface area contributed by atoms with E-state index in [4.69, 9.17) is 9.84 Å². The lowest BCUT2D eigenvalue weighted by Gasteiger charge is -1.99. The maximum atomic E-state index is 10.9. The van der Waals surface area contributed by atoms with Crippen LogP contribution in [0.5, 0.6) is 5.75 Å². The number of nitrogens with one attached hydrogen (secondary N) is 1. The van der Waals surface area contributed by atoms with Crippen molar-refractivity contribution in [2.45, 2.75) is 0 Å². The minimum absolute atomic E-state index is 0.0603. The lowest BCUT2D eigenvalue weighted by Crippen LogP contribution is -2.06. The number of non-ortho nitro benzene ring substituents is 1. The van der Waals surface area contributed by atoms with E-state index in [1.54, 1.807) is 0 Å². The van der Waals surface area contributed by atoms with Crippen LogP contribution in [0.15, 0.2) is 12.1 Å². The standard InChI is InChI=1S/C9H7N3O5S/c1-17-5-3-2-4(12(15)16)7-6(5)10-8(18-7)11-9(13)14/h2-3H,1H3,(H,10,11)(H,13,14). The topological polar surface area (TPSA) is 115 Å². The Bertz CT molecular complexity index is 638. The molecule has 2 rings (SSSR count). The first-order valence-electron chi connectivity index (χ1n) is 4.65. The molecule has 0 fully saturated rings. The molecule has 1 amide bonds. The molecule has 2 aromatic rings. The van der Waals surface area contributed by atoms with Crippen LogP contribution in [0.25, 0.3) is 10.2 Å². The average molecular weight is 269 g/mol. The second-order valence-electron chi connectivity index (χ2n) is 3.17. The maximum Gasteiger partial charge on any atom is 0.410 e. The lowest BCUT2D eigenvalue weighted by atomic mass is 10.3. The predicted molar refractivity (Wildman–Crippen MR) is 64.5 cm³/mol. The summed E-state index contributed by atoms with van der Waals surface area (Å²) in [5.74, 6) is 0.352. The number of amides is 1. The number of anilines is 1. The van der Waals surface area contributed by atoms with Gasteiger partial charge in [-0.25, -0.2) is 9.78 Å². The van der Waals surface area contributed by atoms with Gasteiger partial charge in [-0.15, -0.1) is 0 Å². The molecule has 0 aliphatic carbocycles. The maximum absolute atomic E-state index is 10.9. The van der Waals surface area contributed by atoms with Gasteiger partial charge in [0.1, 0.15) is 16.0 Å². The molecule has 0 spiro atoms. The van der Waals surface area contributed by atoms with Crippen molar-refractivity contribution in [1.29, 1.82) is 0 Å². The Morgan fingerprint density at radius 2 is 2.33 bits per heavy atom. The Balaban J connectivity index is 2.66. The van der Waals surface area contributed by atoms with Crippen molar-refractivity contribution >= 4 is 38.5 Å². The molecule has 8 nitrogen and oxygen atoms in total. The Labute approximate surface area is 104 Å². The van der Waals surface area contributed by atoms with Crippen LogP contribution in [0.1, 0.15) is 0 Å². The van der Waals surface area contributed by atoms with E-state index >= 15 is 0 Å². The van der Waals surface area contributed by atoms with Crippen LogP contribution < -0.4 is 10.1 Å². The summed E-state index contributed by atoms with van der Waals surface area (Å²) in [5.41, 5.74) is 0.127. The summed E-state index contributed by atoms with van der Waals surface area (Å²) in [4.78, 5) is 24.8. The molecule has 0 unspecified atom stereocenters. The van der Waals surface area contributed by atoms with Crippen molar-refractivity contribution in [1.82, 2.24) is 4.98 Å². The number of aromatic nitrogens is 1. The molecule has 94 valence electrons. The van der Waals surface area contributed by atoms with Crippen molar-refractivity contribution in [3.8, 4) is 5.75 Å². The van der Waals surface area contributed by atoms with Gasteiger partial charge in [0, 0.05) is 6.07 Å². The molecule has 0 saturated carbocycles. The number of rotatable bonds is 3. The smallest absolute Gasteiger partial charge is 0.410 e. The van der Waals surface area contributed by atoms with Gasteiger partial charge < -0.3 is 9.84 Å². The molecule has 1 heterocycles. The number of nitro benzene ring substituents is 1. The normalized spacial score (nSPS) is 10.3. The highest BCUT2D eigenvalue weighted by Gasteiger charge is 2.20. The fraction of sp³-hybridized carbons (Fsp3) is 0.111. The number of thiazole rings is 1. The highest BCUT2D eigenvalue weighted by Crippen LogP contribution is 2.38. The zero-order valence-electron chi connectivity index (χ0n) is 9.04. The van der Waals surface area contributed by atoms with Gasteiger partial charge in [0.25, 0.3) is 5.69 Å². The number of hydrogen-bond donors (Lipinski definition) is 2. The van der Waals surface area contributed by atoms with Gasteiger partial charge in [-0.2, -0.15) is 0 Å². The molecule has 18 heavy (non-hydrogen) atoms.